The third-order valence-corrected chi connectivity index (χ3v) is 4.51. The van der Waals surface area contributed by atoms with Gasteiger partial charge in [-0.05, 0) is 32.0 Å². The molecule has 0 aliphatic carbocycles. The van der Waals surface area contributed by atoms with Crippen LogP contribution in [-0.4, -0.2) is 63.3 Å². The van der Waals surface area contributed by atoms with Gasteiger partial charge in [0.1, 0.15) is 5.75 Å². The molecule has 1 aromatic carbocycles. The highest BCUT2D eigenvalue weighted by atomic mass is 16.5. The van der Waals surface area contributed by atoms with Gasteiger partial charge in [-0.3, -0.25) is 4.79 Å². The molecule has 0 saturated carbocycles. The van der Waals surface area contributed by atoms with Crippen LogP contribution in [0, 0.1) is 0 Å². The average molecular weight is 348 g/mol. The summed E-state index contributed by atoms with van der Waals surface area (Å²) in [6.07, 6.45) is 2.09. The molecular formula is C19H30N3O3+. The van der Waals surface area contributed by atoms with E-state index in [1.807, 2.05) is 25.8 Å². The number of amides is 1. The Kier molecular flexibility index (Phi) is 6.82. The van der Waals surface area contributed by atoms with Crippen LogP contribution in [-0.2, 0) is 4.74 Å². The normalized spacial score (nSPS) is 21.1. The summed E-state index contributed by atoms with van der Waals surface area (Å²) < 4.78 is 11.0. The zero-order valence-corrected chi connectivity index (χ0v) is 15.9. The molecule has 0 atom stereocenters. The molecule has 1 fully saturated rings. The second kappa shape index (κ2) is 8.85. The van der Waals surface area contributed by atoms with E-state index in [-0.39, 0.29) is 12.0 Å². The first-order valence-electron chi connectivity index (χ1n) is 8.88. The maximum absolute atomic E-state index is 12.6. The standard InChI is InChI=1S/C19H29N3O3/c1-14(2)25-19(22(4)16-9-11-21(3)12-10-16)20-18(23)15-7-6-8-17(13-15)24-5/h6-8,13-14,16H,9-12H2,1-5H3/p+1. The molecule has 2 rings (SSSR count). The van der Waals surface area contributed by atoms with Crippen molar-refractivity contribution in [1.82, 2.24) is 4.90 Å². The van der Waals surface area contributed by atoms with Crippen molar-refractivity contribution in [1.29, 1.82) is 0 Å². The first kappa shape index (κ1) is 19.2. The molecular weight excluding hydrogens is 318 g/mol. The summed E-state index contributed by atoms with van der Waals surface area (Å²) in [5.74, 6) is 0.318. The highest BCUT2D eigenvalue weighted by Crippen LogP contribution is 2.15. The Morgan fingerprint density at radius 2 is 2.00 bits per heavy atom. The van der Waals surface area contributed by atoms with E-state index in [9.17, 15) is 4.79 Å². The van der Waals surface area contributed by atoms with Crippen LogP contribution in [0.15, 0.2) is 29.3 Å². The Hall–Kier alpha value is -2.08. The number of rotatable bonds is 4. The Morgan fingerprint density at radius 3 is 2.60 bits per heavy atom. The van der Waals surface area contributed by atoms with Crippen molar-refractivity contribution >= 4 is 11.9 Å². The van der Waals surface area contributed by atoms with Gasteiger partial charge in [0.15, 0.2) is 0 Å². The summed E-state index contributed by atoms with van der Waals surface area (Å²) in [5, 5.41) is 0. The number of methoxy groups -OCH3 is 1. The quantitative estimate of drug-likeness (QED) is 0.657. The van der Waals surface area contributed by atoms with Gasteiger partial charge in [0.05, 0.1) is 33.4 Å². The van der Waals surface area contributed by atoms with E-state index >= 15 is 0 Å². The van der Waals surface area contributed by atoms with Gasteiger partial charge in [-0.25, -0.2) is 0 Å². The summed E-state index contributed by atoms with van der Waals surface area (Å²) in [6.45, 7) is 6.12. The number of hydrogen-bond acceptors (Lipinski definition) is 3. The lowest BCUT2D eigenvalue weighted by Gasteiger charge is -2.34. The van der Waals surface area contributed by atoms with Crippen molar-refractivity contribution in [2.75, 3.05) is 34.3 Å². The lowest BCUT2D eigenvalue weighted by Crippen LogP contribution is -3.10. The van der Waals surface area contributed by atoms with E-state index in [2.05, 4.69) is 12.0 Å². The topological polar surface area (TPSA) is 55.6 Å². The maximum atomic E-state index is 12.6. The van der Waals surface area contributed by atoms with Crippen LogP contribution in [0.1, 0.15) is 37.0 Å². The van der Waals surface area contributed by atoms with Crippen molar-refractivity contribution in [3.05, 3.63) is 29.8 Å². The molecule has 1 aliphatic rings. The predicted octanol–water partition coefficient (Wildman–Crippen LogP) is 1.23. The van der Waals surface area contributed by atoms with Crippen LogP contribution in [0.3, 0.4) is 0 Å². The number of benzene rings is 1. The summed E-state index contributed by atoms with van der Waals surface area (Å²) in [5.41, 5.74) is 0.491. The fourth-order valence-corrected chi connectivity index (χ4v) is 2.95. The fourth-order valence-electron chi connectivity index (χ4n) is 2.95. The van der Waals surface area contributed by atoms with Crippen LogP contribution in [0.5, 0.6) is 5.75 Å². The highest BCUT2D eigenvalue weighted by molar-refractivity contribution is 6.01. The Morgan fingerprint density at radius 1 is 1.32 bits per heavy atom. The number of carbonyl (C=O) groups excluding carboxylic acids is 1. The molecule has 0 radical (unpaired) electrons. The minimum atomic E-state index is -0.319. The second-order valence-corrected chi connectivity index (χ2v) is 6.90. The lowest BCUT2D eigenvalue weighted by molar-refractivity contribution is -0.885. The van der Waals surface area contributed by atoms with Crippen molar-refractivity contribution in [2.24, 2.45) is 4.99 Å². The molecule has 1 aromatic rings. The molecule has 138 valence electrons. The van der Waals surface area contributed by atoms with E-state index in [1.54, 1.807) is 36.3 Å². The Bertz CT molecular complexity index is 608. The van der Waals surface area contributed by atoms with Crippen molar-refractivity contribution in [2.45, 2.75) is 38.8 Å². The number of nitrogens with one attached hydrogen (secondary N) is 1. The Labute approximate surface area is 150 Å². The van der Waals surface area contributed by atoms with Crippen LogP contribution >= 0.6 is 0 Å². The number of carbonyl (C=O) groups is 1. The zero-order valence-electron chi connectivity index (χ0n) is 15.9. The summed E-state index contributed by atoms with van der Waals surface area (Å²) in [7, 11) is 5.75. The fraction of sp³-hybridized carbons (Fsp3) is 0.579. The third kappa shape index (κ3) is 5.46. The first-order valence-corrected chi connectivity index (χ1v) is 8.88. The van der Waals surface area contributed by atoms with Gasteiger partial charge in [0.25, 0.3) is 11.9 Å². The number of ether oxygens (including phenoxy) is 2. The van der Waals surface area contributed by atoms with Crippen LogP contribution in [0.25, 0.3) is 0 Å². The second-order valence-electron chi connectivity index (χ2n) is 6.90. The molecule has 6 nitrogen and oxygen atoms in total. The SMILES string of the molecule is COc1cccc(C(=O)N=C(OC(C)C)N(C)C2CC[NH+](C)CC2)c1. The zero-order chi connectivity index (χ0) is 18.4. The van der Waals surface area contributed by atoms with E-state index in [0.29, 0.717) is 23.4 Å². The van der Waals surface area contributed by atoms with Gasteiger partial charge in [0.2, 0.25) is 0 Å². The molecule has 1 saturated heterocycles. The van der Waals surface area contributed by atoms with Gasteiger partial charge in [-0.15, -0.1) is 0 Å². The molecule has 0 bridgehead atoms. The molecule has 6 heteroatoms. The van der Waals surface area contributed by atoms with Crippen molar-refractivity contribution < 1.29 is 19.2 Å². The number of amidine groups is 1. The van der Waals surface area contributed by atoms with E-state index in [0.717, 1.165) is 25.9 Å². The van der Waals surface area contributed by atoms with Crippen LogP contribution < -0.4 is 9.64 Å². The third-order valence-electron chi connectivity index (χ3n) is 4.51. The maximum Gasteiger partial charge on any atom is 0.295 e. The van der Waals surface area contributed by atoms with Crippen LogP contribution in [0.4, 0.5) is 0 Å². The first-order chi connectivity index (χ1) is 11.9. The molecule has 1 N–H and O–H groups in total. The summed E-state index contributed by atoms with van der Waals surface area (Å²) in [4.78, 5) is 20.4. The average Bonchev–Trinajstić information content (AvgIpc) is 2.60. The number of hydrogen-bond donors (Lipinski definition) is 1. The van der Waals surface area contributed by atoms with Crippen molar-refractivity contribution in [3.8, 4) is 5.75 Å². The molecule has 1 heterocycles. The summed E-state index contributed by atoms with van der Waals surface area (Å²) in [6, 6.07) is 7.76. The van der Waals surface area contributed by atoms with Crippen molar-refractivity contribution in [3.63, 3.8) is 0 Å². The highest BCUT2D eigenvalue weighted by Gasteiger charge is 2.27. The number of piperidine rings is 1. The number of nitrogens with zero attached hydrogens (tertiary/aromatic N) is 2. The minimum Gasteiger partial charge on any atom is -0.497 e. The van der Waals surface area contributed by atoms with E-state index in [1.165, 1.54) is 0 Å². The van der Waals surface area contributed by atoms with Gasteiger partial charge in [-0.2, -0.15) is 4.99 Å². The van der Waals surface area contributed by atoms with Gasteiger partial charge >= 0.3 is 0 Å². The molecule has 1 amide bonds. The predicted molar refractivity (Wildman–Crippen MR) is 98.4 cm³/mol. The smallest absolute Gasteiger partial charge is 0.295 e. The molecule has 0 aromatic heterocycles. The Balaban J connectivity index is 2.19. The molecule has 0 spiro atoms. The summed E-state index contributed by atoms with van der Waals surface area (Å²) >= 11 is 0. The number of likely N-dealkylation sites (tertiary alicyclic amines) is 1. The lowest BCUT2D eigenvalue weighted by atomic mass is 10.0. The number of aliphatic imine (C=N–C) groups is 1. The molecule has 0 unspecified atom stereocenters. The van der Waals surface area contributed by atoms with E-state index < -0.39 is 0 Å². The van der Waals surface area contributed by atoms with Gasteiger partial charge in [0, 0.05) is 31.5 Å². The monoisotopic (exact) mass is 348 g/mol. The van der Waals surface area contributed by atoms with Crippen LogP contribution in [0.2, 0.25) is 0 Å². The van der Waals surface area contributed by atoms with Gasteiger partial charge < -0.3 is 19.3 Å². The molecule has 25 heavy (non-hydrogen) atoms. The van der Waals surface area contributed by atoms with Gasteiger partial charge in [-0.1, -0.05) is 6.07 Å². The largest absolute Gasteiger partial charge is 0.497 e. The van der Waals surface area contributed by atoms with E-state index in [4.69, 9.17) is 9.47 Å². The molecule has 1 aliphatic heterocycles. The minimum absolute atomic E-state index is 0.0452. The number of quaternary nitrogens is 1.